The second-order valence-corrected chi connectivity index (χ2v) is 6.20. The average Bonchev–Trinajstić information content (AvgIpc) is 2.55. The van der Waals surface area contributed by atoms with Crippen molar-refractivity contribution >= 4 is 11.9 Å². The van der Waals surface area contributed by atoms with Crippen LogP contribution in [0.2, 0.25) is 0 Å². The van der Waals surface area contributed by atoms with Crippen LogP contribution in [0.3, 0.4) is 0 Å². The van der Waals surface area contributed by atoms with Crippen molar-refractivity contribution in [2.75, 3.05) is 19.8 Å². The minimum Gasteiger partial charge on any atom is -0.463 e. The van der Waals surface area contributed by atoms with Crippen LogP contribution >= 0.6 is 0 Å². The minimum atomic E-state index is -0.394. The molecule has 0 aromatic heterocycles. The quantitative estimate of drug-likeness (QED) is 0.740. The topological polar surface area (TPSA) is 76.7 Å². The third-order valence-corrected chi connectivity index (χ3v) is 3.71. The van der Waals surface area contributed by atoms with Crippen molar-refractivity contribution in [2.24, 2.45) is 0 Å². The molecule has 0 radical (unpaired) electrons. The Kier molecular flexibility index (Phi) is 7.21. The number of rotatable bonds is 7. The van der Waals surface area contributed by atoms with E-state index in [9.17, 15) is 9.59 Å². The maximum Gasteiger partial charge on any atom is 0.308 e. The van der Waals surface area contributed by atoms with Crippen molar-refractivity contribution in [3.05, 3.63) is 35.9 Å². The summed E-state index contributed by atoms with van der Waals surface area (Å²) in [6.07, 6.45) is 0.263. The molecule has 1 aliphatic heterocycles. The largest absolute Gasteiger partial charge is 0.463 e. The predicted molar refractivity (Wildman–Crippen MR) is 90.4 cm³/mol. The smallest absolute Gasteiger partial charge is 0.308 e. The summed E-state index contributed by atoms with van der Waals surface area (Å²) in [6.45, 7) is 5.57. The number of amides is 1. The van der Waals surface area contributed by atoms with Crippen molar-refractivity contribution in [3.8, 4) is 0 Å². The molecule has 1 aromatic rings. The molecule has 1 fully saturated rings. The van der Waals surface area contributed by atoms with E-state index < -0.39 is 6.04 Å². The van der Waals surface area contributed by atoms with E-state index in [2.05, 4.69) is 10.6 Å². The van der Waals surface area contributed by atoms with Crippen LogP contribution in [0.4, 0.5) is 0 Å². The van der Waals surface area contributed by atoms with Crippen molar-refractivity contribution < 1.29 is 19.1 Å². The molecule has 132 valence electrons. The number of esters is 1. The van der Waals surface area contributed by atoms with Crippen LogP contribution in [0.15, 0.2) is 30.3 Å². The van der Waals surface area contributed by atoms with Crippen molar-refractivity contribution in [1.29, 1.82) is 0 Å². The minimum absolute atomic E-state index is 0.0118. The van der Waals surface area contributed by atoms with E-state index in [-0.39, 0.29) is 30.4 Å². The molecule has 0 saturated carbocycles. The maximum absolute atomic E-state index is 12.3. The molecule has 1 saturated heterocycles. The standard InChI is InChI=1S/C18H26N2O4/c1-13(2)24-18(22)11-16(14-6-4-3-5-7-14)20-17(21)10-15-12-23-9-8-19-15/h3-7,13,15-16,19H,8-12H2,1-2H3,(H,20,21). The molecule has 1 amide bonds. The molecule has 6 heteroatoms. The van der Waals surface area contributed by atoms with Gasteiger partial charge in [0.15, 0.2) is 0 Å². The van der Waals surface area contributed by atoms with Gasteiger partial charge in [-0.1, -0.05) is 30.3 Å². The Morgan fingerprint density at radius 3 is 2.71 bits per heavy atom. The molecule has 6 nitrogen and oxygen atoms in total. The molecule has 2 rings (SSSR count). The predicted octanol–water partition coefficient (Wildman–Crippen LogP) is 1.56. The third kappa shape index (κ3) is 6.29. The van der Waals surface area contributed by atoms with Gasteiger partial charge in [-0.05, 0) is 19.4 Å². The monoisotopic (exact) mass is 334 g/mol. The van der Waals surface area contributed by atoms with Gasteiger partial charge in [-0.25, -0.2) is 0 Å². The van der Waals surface area contributed by atoms with Gasteiger partial charge in [-0.15, -0.1) is 0 Å². The van der Waals surface area contributed by atoms with Crippen LogP contribution in [0.1, 0.15) is 38.3 Å². The maximum atomic E-state index is 12.3. The highest BCUT2D eigenvalue weighted by molar-refractivity contribution is 5.78. The Bertz CT molecular complexity index is 527. The Morgan fingerprint density at radius 1 is 1.33 bits per heavy atom. The number of benzene rings is 1. The highest BCUT2D eigenvalue weighted by Crippen LogP contribution is 2.18. The first-order valence-electron chi connectivity index (χ1n) is 8.39. The van der Waals surface area contributed by atoms with E-state index in [0.717, 1.165) is 12.1 Å². The number of morpholine rings is 1. The Morgan fingerprint density at radius 2 is 2.08 bits per heavy atom. The summed E-state index contributed by atoms with van der Waals surface area (Å²) in [5.74, 6) is -0.428. The van der Waals surface area contributed by atoms with Gasteiger partial charge in [-0.3, -0.25) is 9.59 Å². The molecular formula is C18H26N2O4. The van der Waals surface area contributed by atoms with E-state index in [0.29, 0.717) is 19.6 Å². The first-order valence-corrected chi connectivity index (χ1v) is 8.39. The van der Waals surface area contributed by atoms with E-state index in [4.69, 9.17) is 9.47 Å². The second kappa shape index (κ2) is 9.39. The summed E-state index contributed by atoms with van der Waals surface area (Å²) in [6, 6.07) is 9.09. The summed E-state index contributed by atoms with van der Waals surface area (Å²) in [4.78, 5) is 24.3. The summed E-state index contributed by atoms with van der Waals surface area (Å²) in [5, 5.41) is 6.20. The zero-order valence-corrected chi connectivity index (χ0v) is 14.3. The van der Waals surface area contributed by atoms with Crippen LogP contribution in [-0.4, -0.2) is 43.8 Å². The van der Waals surface area contributed by atoms with Crippen LogP contribution in [0.25, 0.3) is 0 Å². The summed E-state index contributed by atoms with van der Waals surface area (Å²) in [7, 11) is 0. The zero-order valence-electron chi connectivity index (χ0n) is 14.3. The lowest BCUT2D eigenvalue weighted by Gasteiger charge is -2.25. The molecule has 1 heterocycles. The summed E-state index contributed by atoms with van der Waals surface area (Å²) in [5.41, 5.74) is 0.888. The molecule has 0 bridgehead atoms. The van der Waals surface area contributed by atoms with Gasteiger partial charge in [0.05, 0.1) is 31.8 Å². The Balaban J connectivity index is 1.96. The molecule has 1 aromatic carbocycles. The Hall–Kier alpha value is -1.92. The number of carbonyl (C=O) groups excluding carboxylic acids is 2. The summed E-state index contributed by atoms with van der Waals surface area (Å²) >= 11 is 0. The normalized spacial score (nSPS) is 18.9. The molecule has 2 unspecified atom stereocenters. The van der Waals surface area contributed by atoms with Crippen LogP contribution < -0.4 is 10.6 Å². The Labute approximate surface area is 142 Å². The van der Waals surface area contributed by atoms with E-state index in [1.165, 1.54) is 0 Å². The van der Waals surface area contributed by atoms with Gasteiger partial charge < -0.3 is 20.1 Å². The van der Waals surface area contributed by atoms with Crippen molar-refractivity contribution in [2.45, 2.75) is 44.9 Å². The van der Waals surface area contributed by atoms with Gasteiger partial charge in [0, 0.05) is 19.0 Å². The lowest BCUT2D eigenvalue weighted by Crippen LogP contribution is -2.44. The molecule has 0 spiro atoms. The molecule has 24 heavy (non-hydrogen) atoms. The van der Waals surface area contributed by atoms with Crippen LogP contribution in [0.5, 0.6) is 0 Å². The van der Waals surface area contributed by atoms with E-state index in [1.807, 2.05) is 44.2 Å². The SMILES string of the molecule is CC(C)OC(=O)CC(NC(=O)CC1COCCN1)c1ccccc1. The lowest BCUT2D eigenvalue weighted by molar-refractivity contribution is -0.148. The lowest BCUT2D eigenvalue weighted by atomic mass is 10.0. The number of hydrogen-bond acceptors (Lipinski definition) is 5. The van der Waals surface area contributed by atoms with Gasteiger partial charge in [0.1, 0.15) is 0 Å². The molecule has 0 aliphatic carbocycles. The average molecular weight is 334 g/mol. The van der Waals surface area contributed by atoms with Gasteiger partial charge in [-0.2, -0.15) is 0 Å². The second-order valence-electron chi connectivity index (χ2n) is 6.20. The van der Waals surface area contributed by atoms with Gasteiger partial charge >= 0.3 is 5.97 Å². The van der Waals surface area contributed by atoms with E-state index in [1.54, 1.807) is 0 Å². The number of carbonyl (C=O) groups is 2. The zero-order chi connectivity index (χ0) is 17.4. The highest BCUT2D eigenvalue weighted by Gasteiger charge is 2.22. The van der Waals surface area contributed by atoms with Crippen molar-refractivity contribution in [1.82, 2.24) is 10.6 Å². The first-order chi connectivity index (χ1) is 11.5. The fourth-order valence-electron chi connectivity index (χ4n) is 2.64. The van der Waals surface area contributed by atoms with Crippen molar-refractivity contribution in [3.63, 3.8) is 0 Å². The van der Waals surface area contributed by atoms with Gasteiger partial charge in [0.2, 0.25) is 5.91 Å². The van der Waals surface area contributed by atoms with Crippen LogP contribution in [0, 0.1) is 0 Å². The molecule has 2 N–H and O–H groups in total. The molecular weight excluding hydrogens is 308 g/mol. The van der Waals surface area contributed by atoms with Gasteiger partial charge in [0.25, 0.3) is 0 Å². The fourth-order valence-corrected chi connectivity index (χ4v) is 2.64. The number of nitrogens with one attached hydrogen (secondary N) is 2. The van der Waals surface area contributed by atoms with Crippen LogP contribution in [-0.2, 0) is 19.1 Å². The fraction of sp³-hybridized carbons (Fsp3) is 0.556. The first kappa shape index (κ1) is 18.4. The highest BCUT2D eigenvalue weighted by atomic mass is 16.5. The molecule has 2 atom stereocenters. The number of ether oxygens (including phenoxy) is 2. The summed E-state index contributed by atoms with van der Waals surface area (Å²) < 4.78 is 10.6. The molecule has 1 aliphatic rings. The number of hydrogen-bond donors (Lipinski definition) is 2. The van der Waals surface area contributed by atoms with E-state index >= 15 is 0 Å². The third-order valence-electron chi connectivity index (χ3n) is 3.71.